The zero-order chi connectivity index (χ0) is 22.1. The molecule has 1 amide bonds. The van der Waals surface area contributed by atoms with Crippen LogP contribution in [0.3, 0.4) is 0 Å². The van der Waals surface area contributed by atoms with E-state index in [1.54, 1.807) is 0 Å². The molecule has 2 heterocycles. The van der Waals surface area contributed by atoms with Crippen LogP contribution < -0.4 is 4.90 Å². The number of aromatic nitrogens is 4. The van der Waals surface area contributed by atoms with Crippen molar-refractivity contribution in [3.8, 4) is 0 Å². The smallest absolute Gasteiger partial charge is 0.229 e. The van der Waals surface area contributed by atoms with Crippen molar-refractivity contribution in [3.63, 3.8) is 0 Å². The minimum absolute atomic E-state index is 0.110. The first kappa shape index (κ1) is 20.2. The quantitative estimate of drug-likeness (QED) is 0.742. The van der Waals surface area contributed by atoms with Crippen LogP contribution in [0.25, 0.3) is 0 Å². The van der Waals surface area contributed by atoms with Crippen LogP contribution in [0.15, 0.2) is 18.2 Å². The highest BCUT2D eigenvalue weighted by Crippen LogP contribution is 2.64. The summed E-state index contributed by atoms with van der Waals surface area (Å²) in [5, 5.41) is 13.2. The summed E-state index contributed by atoms with van der Waals surface area (Å²) in [6, 6.07) is 6.53. The Morgan fingerprint density at radius 3 is 2.38 bits per heavy atom. The Kier molecular flexibility index (Phi) is 4.43. The topological polar surface area (TPSA) is 67.2 Å². The van der Waals surface area contributed by atoms with Gasteiger partial charge in [0.05, 0.1) is 11.0 Å². The predicted octanol–water partition coefficient (Wildman–Crippen LogP) is 3.24. The number of carbonyl (C=O) groups excluding carboxylic acids is 1. The largest absolute Gasteiger partial charge is 0.368 e. The monoisotopic (exact) mass is 434 g/mol. The molecule has 7 heteroatoms. The number of nitrogens with zero attached hydrogens (tertiary/aromatic N) is 6. The lowest BCUT2D eigenvalue weighted by atomic mass is 9.46. The van der Waals surface area contributed by atoms with Crippen LogP contribution >= 0.6 is 0 Å². The van der Waals surface area contributed by atoms with E-state index in [1.807, 2.05) is 11.7 Å². The van der Waals surface area contributed by atoms with E-state index < -0.39 is 0 Å². The maximum absolute atomic E-state index is 14.0. The molecule has 2 atom stereocenters. The maximum Gasteiger partial charge on any atom is 0.229 e. The number of amides is 1. The molecule has 0 spiro atoms. The van der Waals surface area contributed by atoms with Gasteiger partial charge in [-0.3, -0.25) is 4.79 Å². The van der Waals surface area contributed by atoms with Gasteiger partial charge in [-0.15, -0.1) is 10.2 Å². The molecule has 2 aromatic rings. The SMILES string of the molecule is Cc1nnn(C23CC4CC(CC(C(=O)N5CCN(c6cccc(C)c6C)CC5)(C4)C2)C3)n1. The van der Waals surface area contributed by atoms with Gasteiger partial charge in [0.15, 0.2) is 5.82 Å². The molecule has 4 saturated carbocycles. The maximum atomic E-state index is 14.0. The lowest BCUT2D eigenvalue weighted by Gasteiger charge is -2.61. The third-order valence-electron chi connectivity index (χ3n) is 8.91. The molecule has 0 radical (unpaired) electrons. The zero-order valence-electron chi connectivity index (χ0n) is 19.5. The van der Waals surface area contributed by atoms with Crippen LogP contribution in [0.1, 0.15) is 55.5 Å². The second-order valence-corrected chi connectivity index (χ2v) is 11.1. The number of hydrogen-bond acceptors (Lipinski definition) is 5. The minimum Gasteiger partial charge on any atom is -0.368 e. The average Bonchev–Trinajstić information content (AvgIpc) is 3.22. The number of aryl methyl sites for hydroxylation is 2. The summed E-state index contributed by atoms with van der Waals surface area (Å²) in [6.45, 7) is 9.74. The molecule has 4 aliphatic carbocycles. The van der Waals surface area contributed by atoms with Crippen molar-refractivity contribution in [2.24, 2.45) is 17.3 Å². The summed E-state index contributed by atoms with van der Waals surface area (Å²) in [7, 11) is 0. The first-order valence-electron chi connectivity index (χ1n) is 12.3. The number of benzene rings is 1. The first-order chi connectivity index (χ1) is 15.4. The van der Waals surface area contributed by atoms with E-state index in [4.69, 9.17) is 0 Å². The number of tetrazole rings is 1. The lowest BCUT2D eigenvalue weighted by Crippen LogP contribution is -2.63. The fourth-order valence-corrected chi connectivity index (χ4v) is 7.75. The van der Waals surface area contributed by atoms with Gasteiger partial charge >= 0.3 is 0 Å². The van der Waals surface area contributed by atoms with E-state index in [1.165, 1.54) is 23.2 Å². The third-order valence-corrected chi connectivity index (χ3v) is 8.91. The molecule has 1 aliphatic heterocycles. The fraction of sp³-hybridized carbons (Fsp3) is 0.680. The van der Waals surface area contributed by atoms with Crippen molar-refractivity contribution in [2.75, 3.05) is 31.1 Å². The lowest BCUT2D eigenvalue weighted by molar-refractivity contribution is -0.168. The van der Waals surface area contributed by atoms with Crippen LogP contribution in [0, 0.1) is 38.0 Å². The van der Waals surface area contributed by atoms with Gasteiger partial charge < -0.3 is 9.80 Å². The van der Waals surface area contributed by atoms with Crippen molar-refractivity contribution in [2.45, 2.75) is 64.8 Å². The number of carbonyl (C=O) groups is 1. The van der Waals surface area contributed by atoms with Crippen LogP contribution in [-0.4, -0.2) is 57.2 Å². The number of hydrogen-bond donors (Lipinski definition) is 0. The fourth-order valence-electron chi connectivity index (χ4n) is 7.75. The summed E-state index contributed by atoms with van der Waals surface area (Å²) in [5.41, 5.74) is 3.66. The predicted molar refractivity (Wildman–Crippen MR) is 122 cm³/mol. The van der Waals surface area contributed by atoms with E-state index in [2.05, 4.69) is 57.3 Å². The van der Waals surface area contributed by atoms with E-state index in [0.29, 0.717) is 17.7 Å². The molecular formula is C25H34N6O. The van der Waals surface area contributed by atoms with Gasteiger partial charge in [-0.05, 0) is 93.5 Å². The van der Waals surface area contributed by atoms with Crippen molar-refractivity contribution < 1.29 is 4.79 Å². The standard InChI is InChI=1S/C25H34N6O/c1-17-5-4-6-22(18(17)2)29-7-9-30(10-8-29)23(32)24-12-20-11-21(13-24)15-25(14-20,16-24)31-27-19(3)26-28-31/h4-6,20-21H,7-16H2,1-3H3. The van der Waals surface area contributed by atoms with Gasteiger partial charge in [0.25, 0.3) is 0 Å². The Balaban J connectivity index is 1.22. The van der Waals surface area contributed by atoms with Gasteiger partial charge in [0.1, 0.15) is 0 Å². The minimum atomic E-state index is -0.229. The Bertz CT molecular complexity index is 1040. The number of rotatable bonds is 3. The van der Waals surface area contributed by atoms with E-state index in [0.717, 1.165) is 64.1 Å². The molecule has 1 aromatic heterocycles. The highest BCUT2D eigenvalue weighted by atomic mass is 16.2. The second kappa shape index (κ2) is 7.03. The Labute approximate surface area is 190 Å². The molecule has 2 unspecified atom stereocenters. The molecule has 170 valence electrons. The highest BCUT2D eigenvalue weighted by molar-refractivity contribution is 5.84. The normalized spacial score (nSPS) is 33.7. The first-order valence-corrected chi connectivity index (χ1v) is 12.3. The van der Waals surface area contributed by atoms with Crippen LogP contribution in [0.5, 0.6) is 0 Å². The molecule has 5 aliphatic rings. The van der Waals surface area contributed by atoms with Crippen molar-refractivity contribution >= 4 is 11.6 Å². The van der Waals surface area contributed by atoms with E-state index >= 15 is 0 Å². The van der Waals surface area contributed by atoms with Crippen molar-refractivity contribution in [1.29, 1.82) is 0 Å². The van der Waals surface area contributed by atoms with Gasteiger partial charge in [0.2, 0.25) is 5.91 Å². The van der Waals surface area contributed by atoms with Crippen LogP contribution in [-0.2, 0) is 10.3 Å². The molecule has 1 aromatic carbocycles. The second-order valence-electron chi connectivity index (χ2n) is 11.1. The Hall–Kier alpha value is -2.44. The van der Waals surface area contributed by atoms with Gasteiger partial charge in [-0.1, -0.05) is 12.1 Å². The average molecular weight is 435 g/mol. The summed E-state index contributed by atoms with van der Waals surface area (Å²) >= 11 is 0. The molecule has 32 heavy (non-hydrogen) atoms. The van der Waals surface area contributed by atoms with E-state index in [-0.39, 0.29) is 11.0 Å². The Morgan fingerprint density at radius 2 is 1.72 bits per heavy atom. The zero-order valence-corrected chi connectivity index (χ0v) is 19.5. The number of anilines is 1. The summed E-state index contributed by atoms with van der Waals surface area (Å²) in [5.74, 6) is 2.35. The van der Waals surface area contributed by atoms with Crippen LogP contribution in [0.2, 0.25) is 0 Å². The molecule has 7 nitrogen and oxygen atoms in total. The highest BCUT2D eigenvalue weighted by Gasteiger charge is 2.63. The molecular weight excluding hydrogens is 400 g/mol. The van der Waals surface area contributed by atoms with Crippen LogP contribution in [0.4, 0.5) is 5.69 Å². The van der Waals surface area contributed by atoms with Crippen molar-refractivity contribution in [1.82, 2.24) is 25.1 Å². The number of piperazine rings is 1. The molecule has 5 fully saturated rings. The van der Waals surface area contributed by atoms with Gasteiger partial charge in [0, 0.05) is 31.9 Å². The molecule has 7 rings (SSSR count). The summed E-state index contributed by atoms with van der Waals surface area (Å²) in [4.78, 5) is 20.5. The van der Waals surface area contributed by atoms with Gasteiger partial charge in [-0.2, -0.15) is 4.80 Å². The summed E-state index contributed by atoms with van der Waals surface area (Å²) in [6.07, 6.45) is 6.47. The molecule has 4 bridgehead atoms. The van der Waals surface area contributed by atoms with Crippen molar-refractivity contribution in [3.05, 3.63) is 35.2 Å². The molecule has 0 N–H and O–H groups in total. The van der Waals surface area contributed by atoms with E-state index in [9.17, 15) is 4.79 Å². The Morgan fingerprint density at radius 1 is 1.00 bits per heavy atom. The third kappa shape index (κ3) is 3.00. The van der Waals surface area contributed by atoms with Gasteiger partial charge in [-0.25, -0.2) is 0 Å². The summed E-state index contributed by atoms with van der Waals surface area (Å²) < 4.78 is 0. The molecule has 1 saturated heterocycles.